The molecule has 8 heteroatoms. The Balaban J connectivity index is 1.40. The van der Waals surface area contributed by atoms with E-state index in [9.17, 15) is 9.59 Å². The molecule has 1 N–H and O–H groups in total. The van der Waals surface area contributed by atoms with E-state index in [0.717, 1.165) is 11.3 Å². The molecule has 124 valence electrons. The first-order valence-corrected chi connectivity index (χ1v) is 8.01. The smallest absolute Gasteiger partial charge is 0.227 e. The van der Waals surface area contributed by atoms with Crippen LogP contribution in [-0.2, 0) is 16.0 Å². The number of aryl methyl sites for hydroxylation is 1. The summed E-state index contributed by atoms with van der Waals surface area (Å²) < 4.78 is 1.65. The van der Waals surface area contributed by atoms with E-state index in [2.05, 4.69) is 20.8 Å². The molecule has 3 heterocycles. The van der Waals surface area contributed by atoms with Gasteiger partial charge in [-0.1, -0.05) is 12.1 Å². The fourth-order valence-corrected chi connectivity index (χ4v) is 3.46. The van der Waals surface area contributed by atoms with Crippen molar-refractivity contribution in [2.75, 3.05) is 13.1 Å². The molecular weight excluding hydrogens is 308 g/mol. The lowest BCUT2D eigenvalue weighted by Crippen LogP contribution is -2.36. The van der Waals surface area contributed by atoms with Crippen molar-refractivity contribution in [3.8, 4) is 5.69 Å². The fraction of sp³-hybridized carbons (Fsp3) is 0.438. The minimum atomic E-state index is 0.102. The first-order chi connectivity index (χ1) is 11.6. The molecule has 0 saturated carbocycles. The summed E-state index contributed by atoms with van der Waals surface area (Å²) >= 11 is 0. The summed E-state index contributed by atoms with van der Waals surface area (Å²) in [6.45, 7) is 3.13. The molecule has 4 rings (SSSR count). The lowest BCUT2D eigenvalue weighted by molar-refractivity contribution is -0.130. The average Bonchev–Trinajstić information content (AvgIpc) is 3.22. The number of carbonyl (C=O) groups excluding carboxylic acids is 2. The number of likely N-dealkylation sites (tertiary alicyclic amines) is 1. The number of hydrogen-bond donors (Lipinski definition) is 1. The zero-order chi connectivity index (χ0) is 16.7. The van der Waals surface area contributed by atoms with Crippen LogP contribution in [0.3, 0.4) is 0 Å². The zero-order valence-electron chi connectivity index (χ0n) is 13.3. The maximum absolute atomic E-state index is 12.5. The molecule has 2 aromatic rings. The number of fused-ring (bicyclic) bond motifs is 1. The normalized spacial score (nSPS) is 22.5. The SMILES string of the molecule is Cc1nnnn1-c1ccc(CC(=O)N2C[C@@H]3CC(=O)N[C@@H]3C2)cc1. The van der Waals surface area contributed by atoms with Crippen molar-refractivity contribution in [3.05, 3.63) is 35.7 Å². The number of benzene rings is 1. The van der Waals surface area contributed by atoms with Gasteiger partial charge in [-0.15, -0.1) is 5.10 Å². The van der Waals surface area contributed by atoms with Gasteiger partial charge in [0.2, 0.25) is 11.8 Å². The molecule has 0 bridgehead atoms. The van der Waals surface area contributed by atoms with Gasteiger partial charge in [-0.3, -0.25) is 9.59 Å². The van der Waals surface area contributed by atoms with E-state index in [0.29, 0.717) is 31.8 Å². The monoisotopic (exact) mass is 326 g/mol. The van der Waals surface area contributed by atoms with Crippen molar-refractivity contribution in [1.82, 2.24) is 30.4 Å². The molecule has 8 nitrogen and oxygen atoms in total. The predicted molar refractivity (Wildman–Crippen MR) is 84.2 cm³/mol. The topological polar surface area (TPSA) is 93.0 Å². The van der Waals surface area contributed by atoms with Crippen LogP contribution >= 0.6 is 0 Å². The van der Waals surface area contributed by atoms with Gasteiger partial charge < -0.3 is 10.2 Å². The molecule has 1 aromatic heterocycles. The van der Waals surface area contributed by atoms with E-state index in [1.807, 2.05) is 36.1 Å². The van der Waals surface area contributed by atoms with E-state index in [1.165, 1.54) is 0 Å². The molecule has 0 spiro atoms. The fourth-order valence-electron chi connectivity index (χ4n) is 3.46. The molecular formula is C16H18N6O2. The molecule has 2 amide bonds. The van der Waals surface area contributed by atoms with Gasteiger partial charge in [0.1, 0.15) is 0 Å². The minimum absolute atomic E-state index is 0.102. The summed E-state index contributed by atoms with van der Waals surface area (Å²) in [5.74, 6) is 1.19. The molecule has 24 heavy (non-hydrogen) atoms. The Morgan fingerprint density at radius 2 is 2.08 bits per heavy atom. The van der Waals surface area contributed by atoms with Crippen LogP contribution in [0.2, 0.25) is 0 Å². The maximum atomic E-state index is 12.5. The second-order valence-corrected chi connectivity index (χ2v) is 6.42. The molecule has 0 unspecified atom stereocenters. The standard InChI is InChI=1S/C16H18N6O2/c1-10-18-19-20-22(10)13-4-2-11(3-5-13)6-16(24)21-8-12-7-15(23)17-14(12)9-21/h2-5,12,14H,6-9H2,1H3,(H,17,23)/t12-,14+/m0/s1. The van der Waals surface area contributed by atoms with Gasteiger partial charge in [0.15, 0.2) is 5.82 Å². The first kappa shape index (κ1) is 14.8. The molecule has 1 aromatic carbocycles. The second-order valence-electron chi connectivity index (χ2n) is 6.42. The van der Waals surface area contributed by atoms with Gasteiger partial charge in [-0.2, -0.15) is 4.68 Å². The Morgan fingerprint density at radius 1 is 1.29 bits per heavy atom. The quantitative estimate of drug-likeness (QED) is 0.847. The van der Waals surface area contributed by atoms with Crippen LogP contribution in [0.5, 0.6) is 0 Å². The van der Waals surface area contributed by atoms with Gasteiger partial charge in [0.05, 0.1) is 18.2 Å². The number of nitrogens with one attached hydrogen (secondary N) is 1. The summed E-state index contributed by atoms with van der Waals surface area (Å²) in [7, 11) is 0. The number of tetrazole rings is 1. The summed E-state index contributed by atoms with van der Waals surface area (Å²) in [5, 5.41) is 14.3. The first-order valence-electron chi connectivity index (χ1n) is 8.01. The summed E-state index contributed by atoms with van der Waals surface area (Å²) in [4.78, 5) is 25.7. The van der Waals surface area contributed by atoms with Crippen LogP contribution in [0.4, 0.5) is 0 Å². The van der Waals surface area contributed by atoms with Crippen LogP contribution in [0, 0.1) is 12.8 Å². The number of carbonyl (C=O) groups is 2. The highest BCUT2D eigenvalue weighted by Crippen LogP contribution is 2.25. The third-order valence-corrected chi connectivity index (χ3v) is 4.75. The van der Waals surface area contributed by atoms with Crippen LogP contribution in [0.15, 0.2) is 24.3 Å². The zero-order valence-corrected chi connectivity index (χ0v) is 13.3. The van der Waals surface area contributed by atoms with E-state index < -0.39 is 0 Å². The van der Waals surface area contributed by atoms with E-state index in [4.69, 9.17) is 0 Å². The molecule has 0 radical (unpaired) electrons. The number of amides is 2. The minimum Gasteiger partial charge on any atom is -0.351 e. The molecule has 2 atom stereocenters. The number of rotatable bonds is 3. The van der Waals surface area contributed by atoms with Crippen LogP contribution in [0.1, 0.15) is 17.8 Å². The van der Waals surface area contributed by atoms with Crippen LogP contribution < -0.4 is 5.32 Å². The summed E-state index contributed by atoms with van der Waals surface area (Å²) in [6, 6.07) is 7.79. The maximum Gasteiger partial charge on any atom is 0.227 e. The second kappa shape index (κ2) is 5.70. The lowest BCUT2D eigenvalue weighted by Gasteiger charge is -2.17. The largest absolute Gasteiger partial charge is 0.351 e. The number of aromatic nitrogens is 4. The van der Waals surface area contributed by atoms with Crippen molar-refractivity contribution < 1.29 is 9.59 Å². The van der Waals surface area contributed by atoms with Crippen molar-refractivity contribution in [2.45, 2.75) is 25.8 Å². The third kappa shape index (κ3) is 2.64. The van der Waals surface area contributed by atoms with Crippen LogP contribution in [-0.4, -0.2) is 56.1 Å². The van der Waals surface area contributed by atoms with Gasteiger partial charge in [0, 0.05) is 25.4 Å². The van der Waals surface area contributed by atoms with Crippen molar-refractivity contribution in [2.24, 2.45) is 5.92 Å². The molecule has 2 aliphatic rings. The van der Waals surface area contributed by atoms with Gasteiger partial charge in [-0.25, -0.2) is 0 Å². The molecule has 0 aliphatic carbocycles. The third-order valence-electron chi connectivity index (χ3n) is 4.75. The number of nitrogens with zero attached hydrogens (tertiary/aromatic N) is 5. The van der Waals surface area contributed by atoms with Gasteiger partial charge in [0.25, 0.3) is 0 Å². The highest BCUT2D eigenvalue weighted by atomic mass is 16.2. The van der Waals surface area contributed by atoms with E-state index in [1.54, 1.807) is 4.68 Å². The molecule has 2 saturated heterocycles. The van der Waals surface area contributed by atoms with Crippen molar-refractivity contribution in [3.63, 3.8) is 0 Å². The Labute approximate surface area is 138 Å². The average molecular weight is 326 g/mol. The highest BCUT2D eigenvalue weighted by molar-refractivity contribution is 5.82. The van der Waals surface area contributed by atoms with Gasteiger partial charge >= 0.3 is 0 Å². The van der Waals surface area contributed by atoms with Crippen LogP contribution in [0.25, 0.3) is 5.69 Å². The lowest BCUT2D eigenvalue weighted by atomic mass is 10.1. The Morgan fingerprint density at radius 3 is 2.75 bits per heavy atom. The highest BCUT2D eigenvalue weighted by Gasteiger charge is 2.41. The Hall–Kier alpha value is -2.77. The Kier molecular flexibility index (Phi) is 3.51. The summed E-state index contributed by atoms with van der Waals surface area (Å²) in [6.07, 6.45) is 0.899. The van der Waals surface area contributed by atoms with E-state index in [-0.39, 0.29) is 23.8 Å². The Bertz CT molecular complexity index is 768. The molecule has 2 fully saturated rings. The predicted octanol–water partition coefficient (Wildman–Crippen LogP) is -0.140. The van der Waals surface area contributed by atoms with E-state index >= 15 is 0 Å². The van der Waals surface area contributed by atoms with Gasteiger partial charge in [-0.05, 0) is 35.0 Å². The number of hydrogen-bond acceptors (Lipinski definition) is 5. The molecule has 2 aliphatic heterocycles. The summed E-state index contributed by atoms with van der Waals surface area (Å²) in [5.41, 5.74) is 1.82. The van der Waals surface area contributed by atoms with Crippen molar-refractivity contribution >= 4 is 11.8 Å². The van der Waals surface area contributed by atoms with Crippen molar-refractivity contribution in [1.29, 1.82) is 0 Å².